The molecule has 2 atom stereocenters. The lowest BCUT2D eigenvalue weighted by Crippen LogP contribution is -2.60. The topological polar surface area (TPSA) is 75.7 Å². The molecule has 0 aliphatic carbocycles. The van der Waals surface area contributed by atoms with Gasteiger partial charge in [0.05, 0.1) is 0 Å². The number of piperidine rings is 1. The summed E-state index contributed by atoms with van der Waals surface area (Å²) in [5.74, 6) is -0.694. The van der Waals surface area contributed by atoms with Gasteiger partial charge < -0.3 is 10.1 Å². The van der Waals surface area contributed by atoms with E-state index in [4.69, 9.17) is 4.74 Å². The average Bonchev–Trinajstić information content (AvgIpc) is 2.53. The van der Waals surface area contributed by atoms with Crippen LogP contribution >= 0.6 is 15.9 Å². The Bertz CT molecular complexity index is 687. The van der Waals surface area contributed by atoms with Crippen LogP contribution in [0.1, 0.15) is 40.5 Å². The molecule has 6 nitrogen and oxygen atoms in total. The van der Waals surface area contributed by atoms with Crippen LogP contribution in [0.5, 0.6) is 0 Å². The molecule has 1 fully saturated rings. The summed E-state index contributed by atoms with van der Waals surface area (Å²) in [6.07, 6.45) is 0.112. The van der Waals surface area contributed by atoms with Gasteiger partial charge in [0.25, 0.3) is 5.91 Å². The number of para-hydroxylation sites is 1. The standard InChI is InChI=1S/C19H25BrN2O4/c1-13(23)14-10-11-22(17(25)26-18(2,3)4)19(20,12-14)16(24)21-15-8-6-5-7-9-15/h5-9,14H,10-12H2,1-4H3,(H,21,24). The maximum Gasteiger partial charge on any atom is 0.411 e. The molecule has 0 saturated carbocycles. The fourth-order valence-corrected chi connectivity index (χ4v) is 3.68. The van der Waals surface area contributed by atoms with Crippen molar-refractivity contribution in [1.82, 2.24) is 4.90 Å². The highest BCUT2D eigenvalue weighted by Gasteiger charge is 2.50. The molecule has 0 bridgehead atoms. The maximum atomic E-state index is 13.0. The van der Waals surface area contributed by atoms with Crippen molar-refractivity contribution in [2.24, 2.45) is 5.92 Å². The monoisotopic (exact) mass is 424 g/mol. The lowest BCUT2D eigenvalue weighted by atomic mass is 9.87. The van der Waals surface area contributed by atoms with Crippen molar-refractivity contribution < 1.29 is 19.1 Å². The molecule has 1 heterocycles. The molecule has 1 aromatic rings. The number of anilines is 1. The zero-order valence-electron chi connectivity index (χ0n) is 15.5. The summed E-state index contributed by atoms with van der Waals surface area (Å²) in [5, 5.41) is 2.81. The SMILES string of the molecule is CC(=O)C1CCN(C(=O)OC(C)(C)C)C(Br)(C(=O)Nc2ccccc2)C1. The van der Waals surface area contributed by atoms with Crippen LogP contribution in [0, 0.1) is 5.92 Å². The molecule has 0 spiro atoms. The number of alkyl halides is 1. The number of ether oxygens (including phenoxy) is 1. The zero-order chi connectivity index (χ0) is 19.5. The Labute approximate surface area is 162 Å². The van der Waals surface area contributed by atoms with Gasteiger partial charge in [-0.15, -0.1) is 0 Å². The van der Waals surface area contributed by atoms with E-state index in [0.29, 0.717) is 12.1 Å². The first kappa shape index (κ1) is 20.4. The lowest BCUT2D eigenvalue weighted by Gasteiger charge is -2.44. The first-order chi connectivity index (χ1) is 12.0. The van der Waals surface area contributed by atoms with E-state index < -0.39 is 22.0 Å². The number of halogens is 1. The van der Waals surface area contributed by atoms with E-state index in [1.165, 1.54) is 11.8 Å². The van der Waals surface area contributed by atoms with Gasteiger partial charge in [0.2, 0.25) is 0 Å². The van der Waals surface area contributed by atoms with Crippen molar-refractivity contribution in [3.05, 3.63) is 30.3 Å². The predicted molar refractivity (Wildman–Crippen MR) is 103 cm³/mol. The number of carbonyl (C=O) groups excluding carboxylic acids is 3. The number of hydrogen-bond acceptors (Lipinski definition) is 4. The summed E-state index contributed by atoms with van der Waals surface area (Å²) in [5.41, 5.74) is -0.0661. The second kappa shape index (κ2) is 7.78. The largest absolute Gasteiger partial charge is 0.444 e. The van der Waals surface area contributed by atoms with Gasteiger partial charge in [-0.2, -0.15) is 0 Å². The molecule has 26 heavy (non-hydrogen) atoms. The molecule has 0 radical (unpaired) electrons. The number of Topliss-reactive ketones (excluding diaryl/α,β-unsaturated/α-hetero) is 1. The van der Waals surface area contributed by atoms with Crippen LogP contribution in [0.2, 0.25) is 0 Å². The molecule has 2 rings (SSSR count). The maximum absolute atomic E-state index is 13.0. The fourth-order valence-electron chi connectivity index (χ4n) is 2.86. The van der Waals surface area contributed by atoms with Gasteiger partial charge in [-0.3, -0.25) is 14.5 Å². The first-order valence-corrected chi connectivity index (χ1v) is 9.39. The van der Waals surface area contributed by atoms with Gasteiger partial charge in [-0.05, 0) is 52.7 Å². The number of hydrogen-bond donors (Lipinski definition) is 1. The molecule has 142 valence electrons. The molecular weight excluding hydrogens is 400 g/mol. The van der Waals surface area contributed by atoms with E-state index >= 15 is 0 Å². The lowest BCUT2D eigenvalue weighted by molar-refractivity contribution is -0.128. The Morgan fingerprint density at radius 1 is 1.23 bits per heavy atom. The summed E-state index contributed by atoms with van der Waals surface area (Å²) < 4.78 is 4.11. The second-order valence-corrected chi connectivity index (χ2v) is 8.82. The molecule has 1 aliphatic heterocycles. The van der Waals surface area contributed by atoms with E-state index in [2.05, 4.69) is 21.2 Å². The number of amides is 2. The number of nitrogens with one attached hydrogen (secondary N) is 1. The van der Waals surface area contributed by atoms with Crippen molar-refractivity contribution in [1.29, 1.82) is 0 Å². The summed E-state index contributed by atoms with van der Waals surface area (Å²) in [6, 6.07) is 8.98. The molecule has 7 heteroatoms. The van der Waals surface area contributed by atoms with Crippen molar-refractivity contribution in [2.75, 3.05) is 11.9 Å². The average molecular weight is 425 g/mol. The Hall–Kier alpha value is -1.89. The number of nitrogens with zero attached hydrogens (tertiary/aromatic N) is 1. The molecular formula is C19H25BrN2O4. The molecule has 2 unspecified atom stereocenters. The number of benzene rings is 1. The molecule has 0 aromatic heterocycles. The third-order valence-electron chi connectivity index (χ3n) is 4.21. The fraction of sp³-hybridized carbons (Fsp3) is 0.526. The number of carbonyl (C=O) groups is 3. The quantitative estimate of drug-likeness (QED) is 0.588. The van der Waals surface area contributed by atoms with E-state index in [-0.39, 0.29) is 24.7 Å². The van der Waals surface area contributed by atoms with Crippen molar-refractivity contribution in [3.63, 3.8) is 0 Å². The minimum absolute atomic E-state index is 0.00479. The van der Waals surface area contributed by atoms with Crippen LogP contribution in [-0.2, 0) is 14.3 Å². The van der Waals surface area contributed by atoms with E-state index in [1.807, 2.05) is 6.07 Å². The van der Waals surface area contributed by atoms with Gasteiger partial charge >= 0.3 is 6.09 Å². The van der Waals surface area contributed by atoms with Crippen LogP contribution in [0.4, 0.5) is 10.5 Å². The molecule has 1 N–H and O–H groups in total. The predicted octanol–water partition coefficient (Wildman–Crippen LogP) is 3.95. The Balaban J connectivity index is 2.29. The number of rotatable bonds is 3. The Morgan fingerprint density at radius 3 is 2.38 bits per heavy atom. The first-order valence-electron chi connectivity index (χ1n) is 8.59. The smallest absolute Gasteiger partial charge is 0.411 e. The third kappa shape index (κ3) is 4.84. The highest BCUT2D eigenvalue weighted by atomic mass is 79.9. The van der Waals surface area contributed by atoms with Crippen LogP contribution in [-0.4, -0.2) is 39.3 Å². The Morgan fingerprint density at radius 2 is 1.85 bits per heavy atom. The van der Waals surface area contributed by atoms with Crippen LogP contribution in [0.3, 0.4) is 0 Å². The van der Waals surface area contributed by atoms with Crippen LogP contribution in [0.25, 0.3) is 0 Å². The van der Waals surface area contributed by atoms with Gasteiger partial charge in [-0.25, -0.2) is 4.79 Å². The van der Waals surface area contributed by atoms with Gasteiger partial charge in [-0.1, -0.05) is 34.1 Å². The molecule has 2 amide bonds. The van der Waals surface area contributed by atoms with E-state index in [1.54, 1.807) is 45.0 Å². The third-order valence-corrected chi connectivity index (χ3v) is 5.33. The Kier molecular flexibility index (Phi) is 6.11. The second-order valence-electron chi connectivity index (χ2n) is 7.51. The number of ketones is 1. The minimum atomic E-state index is -1.35. The normalized spacial score (nSPS) is 23.3. The van der Waals surface area contributed by atoms with Crippen LogP contribution < -0.4 is 5.32 Å². The van der Waals surface area contributed by atoms with Gasteiger partial charge in [0.15, 0.2) is 4.45 Å². The highest BCUT2D eigenvalue weighted by molar-refractivity contribution is 9.10. The summed E-state index contributed by atoms with van der Waals surface area (Å²) in [4.78, 5) is 38.9. The summed E-state index contributed by atoms with van der Waals surface area (Å²) in [7, 11) is 0. The molecule has 1 aliphatic rings. The molecule has 1 aromatic carbocycles. The van der Waals surface area contributed by atoms with Gasteiger partial charge in [0, 0.05) is 18.2 Å². The summed E-state index contributed by atoms with van der Waals surface area (Å²) in [6.45, 7) is 7.08. The zero-order valence-corrected chi connectivity index (χ0v) is 17.1. The van der Waals surface area contributed by atoms with E-state index in [9.17, 15) is 14.4 Å². The van der Waals surface area contributed by atoms with Crippen LogP contribution in [0.15, 0.2) is 30.3 Å². The van der Waals surface area contributed by atoms with Crippen molar-refractivity contribution in [3.8, 4) is 0 Å². The number of likely N-dealkylation sites (tertiary alicyclic amines) is 1. The molecule has 1 saturated heterocycles. The van der Waals surface area contributed by atoms with Crippen molar-refractivity contribution in [2.45, 2.75) is 50.6 Å². The minimum Gasteiger partial charge on any atom is -0.444 e. The summed E-state index contributed by atoms with van der Waals surface area (Å²) >= 11 is 3.46. The highest BCUT2D eigenvalue weighted by Crippen LogP contribution is 2.39. The van der Waals surface area contributed by atoms with Crippen molar-refractivity contribution >= 4 is 39.4 Å². The van der Waals surface area contributed by atoms with Gasteiger partial charge in [0.1, 0.15) is 11.4 Å². The van der Waals surface area contributed by atoms with E-state index in [0.717, 1.165) is 0 Å².